The van der Waals surface area contributed by atoms with Crippen molar-refractivity contribution in [3.63, 3.8) is 0 Å². The lowest BCUT2D eigenvalue weighted by Gasteiger charge is -2.29. The summed E-state index contributed by atoms with van der Waals surface area (Å²) in [5.74, 6) is 3.81. The summed E-state index contributed by atoms with van der Waals surface area (Å²) in [5, 5.41) is 3.33. The molecule has 2 aliphatic rings. The Labute approximate surface area is 102 Å². The van der Waals surface area contributed by atoms with Crippen LogP contribution < -0.4 is 5.32 Å². The number of carbonyl (C=O) groups is 1. The van der Waals surface area contributed by atoms with Gasteiger partial charge in [0.1, 0.15) is 0 Å². The summed E-state index contributed by atoms with van der Waals surface area (Å²) in [6, 6.07) is 0. The Balaban J connectivity index is 1.88. The summed E-state index contributed by atoms with van der Waals surface area (Å²) in [4.78, 5) is 14.2. The minimum Gasteiger partial charge on any atom is -0.341 e. The summed E-state index contributed by atoms with van der Waals surface area (Å²) in [7, 11) is 0. The van der Waals surface area contributed by atoms with Gasteiger partial charge in [0.2, 0.25) is 5.91 Å². The average molecular weight is 242 g/mol. The first-order valence-electron chi connectivity index (χ1n) is 6.34. The molecule has 2 fully saturated rings. The Hall–Kier alpha value is -0.220. The van der Waals surface area contributed by atoms with E-state index in [0.29, 0.717) is 5.91 Å². The molecule has 0 aromatic heterocycles. The minimum atomic E-state index is 0.153. The second-order valence-electron chi connectivity index (χ2n) is 4.95. The Kier molecular flexibility index (Phi) is 4.53. The van der Waals surface area contributed by atoms with E-state index in [-0.39, 0.29) is 5.92 Å². The smallest absolute Gasteiger partial charge is 0.226 e. The highest BCUT2D eigenvalue weighted by Crippen LogP contribution is 2.24. The molecule has 2 rings (SSSR count). The molecule has 0 aromatic carbocycles. The molecule has 0 saturated carbocycles. The van der Waals surface area contributed by atoms with Gasteiger partial charge < -0.3 is 10.2 Å². The first-order valence-corrected chi connectivity index (χ1v) is 7.50. The maximum absolute atomic E-state index is 12.1. The second kappa shape index (κ2) is 5.92. The fourth-order valence-electron chi connectivity index (χ4n) is 2.46. The predicted molar refractivity (Wildman–Crippen MR) is 68.7 cm³/mol. The third-order valence-electron chi connectivity index (χ3n) is 3.56. The zero-order valence-electron chi connectivity index (χ0n) is 10.1. The molecule has 4 heteroatoms. The van der Waals surface area contributed by atoms with Crippen LogP contribution in [0.3, 0.4) is 0 Å². The lowest BCUT2D eigenvalue weighted by molar-refractivity contribution is -0.134. The Morgan fingerprint density at radius 3 is 2.94 bits per heavy atom. The topological polar surface area (TPSA) is 32.3 Å². The molecule has 1 unspecified atom stereocenters. The van der Waals surface area contributed by atoms with E-state index in [4.69, 9.17) is 0 Å². The molecule has 2 aliphatic heterocycles. The summed E-state index contributed by atoms with van der Waals surface area (Å²) in [6.45, 7) is 5.72. The third kappa shape index (κ3) is 3.14. The number of nitrogens with one attached hydrogen (secondary N) is 1. The highest BCUT2D eigenvalue weighted by Gasteiger charge is 2.26. The average Bonchev–Trinajstić information content (AvgIpc) is 2.46. The first kappa shape index (κ1) is 12.2. The fourth-order valence-corrected chi connectivity index (χ4v) is 3.67. The van der Waals surface area contributed by atoms with Crippen LogP contribution in [-0.2, 0) is 4.79 Å². The molecule has 3 nitrogen and oxygen atoms in total. The molecular formula is C12H22N2OS. The van der Waals surface area contributed by atoms with E-state index in [0.717, 1.165) is 32.1 Å². The van der Waals surface area contributed by atoms with Crippen molar-refractivity contribution in [3.05, 3.63) is 0 Å². The van der Waals surface area contributed by atoms with Gasteiger partial charge in [-0.05, 0) is 30.3 Å². The van der Waals surface area contributed by atoms with Gasteiger partial charge in [-0.15, -0.1) is 0 Å². The minimum absolute atomic E-state index is 0.153. The Bertz CT molecular complexity index is 241. The highest BCUT2D eigenvalue weighted by molar-refractivity contribution is 7.99. The van der Waals surface area contributed by atoms with Gasteiger partial charge in [0, 0.05) is 32.1 Å². The van der Waals surface area contributed by atoms with E-state index < -0.39 is 0 Å². The third-order valence-corrected chi connectivity index (χ3v) is 4.61. The van der Waals surface area contributed by atoms with Crippen LogP contribution in [0.1, 0.15) is 19.8 Å². The monoisotopic (exact) mass is 242 g/mol. The van der Waals surface area contributed by atoms with E-state index in [1.807, 2.05) is 6.92 Å². The molecule has 0 aliphatic carbocycles. The number of rotatable bonds is 2. The number of carbonyl (C=O) groups excluding carboxylic acids is 1. The van der Waals surface area contributed by atoms with Crippen molar-refractivity contribution < 1.29 is 4.79 Å². The molecule has 0 bridgehead atoms. The zero-order chi connectivity index (χ0) is 11.4. The Morgan fingerprint density at radius 2 is 2.19 bits per heavy atom. The largest absolute Gasteiger partial charge is 0.341 e. The van der Waals surface area contributed by atoms with E-state index in [9.17, 15) is 4.79 Å². The van der Waals surface area contributed by atoms with Crippen LogP contribution in [0.4, 0.5) is 0 Å². The quantitative estimate of drug-likeness (QED) is 0.789. The van der Waals surface area contributed by atoms with Gasteiger partial charge in [-0.2, -0.15) is 11.8 Å². The molecule has 92 valence electrons. The van der Waals surface area contributed by atoms with Gasteiger partial charge in [0.25, 0.3) is 0 Å². The zero-order valence-corrected chi connectivity index (χ0v) is 10.9. The van der Waals surface area contributed by atoms with Crippen molar-refractivity contribution >= 4 is 17.7 Å². The number of nitrogens with zero attached hydrogens (tertiary/aromatic N) is 1. The predicted octanol–water partition coefficient (Wildman–Crippen LogP) is 1.20. The van der Waals surface area contributed by atoms with Crippen LogP contribution in [0.2, 0.25) is 0 Å². The lowest BCUT2D eigenvalue weighted by Crippen LogP contribution is -2.39. The van der Waals surface area contributed by atoms with Gasteiger partial charge in [-0.3, -0.25) is 4.79 Å². The summed E-state index contributed by atoms with van der Waals surface area (Å²) in [6.07, 6.45) is 2.58. The summed E-state index contributed by atoms with van der Waals surface area (Å²) in [5.41, 5.74) is 0. The van der Waals surface area contributed by atoms with E-state index in [2.05, 4.69) is 22.0 Å². The van der Waals surface area contributed by atoms with Crippen LogP contribution in [0.5, 0.6) is 0 Å². The normalized spacial score (nSPS) is 29.2. The van der Waals surface area contributed by atoms with Crippen LogP contribution in [0.25, 0.3) is 0 Å². The first-order chi connectivity index (χ1) is 7.77. The number of hydrogen-bond donors (Lipinski definition) is 1. The molecule has 0 aromatic rings. The number of hydrogen-bond acceptors (Lipinski definition) is 3. The van der Waals surface area contributed by atoms with Gasteiger partial charge in [0.15, 0.2) is 0 Å². The number of amides is 1. The maximum atomic E-state index is 12.1. The van der Waals surface area contributed by atoms with Crippen molar-refractivity contribution in [2.45, 2.75) is 19.8 Å². The molecule has 0 radical (unpaired) electrons. The van der Waals surface area contributed by atoms with Crippen molar-refractivity contribution in [3.8, 4) is 0 Å². The standard InChI is InChI=1S/C12H22N2OS/c1-10-8-13-4-5-14(12(10)15)9-11-2-6-16-7-3-11/h10-11,13H,2-9H2,1H3. The van der Waals surface area contributed by atoms with Crippen molar-refractivity contribution in [1.29, 1.82) is 0 Å². The van der Waals surface area contributed by atoms with Gasteiger partial charge in [-0.25, -0.2) is 0 Å². The molecule has 16 heavy (non-hydrogen) atoms. The number of thioether (sulfide) groups is 1. The maximum Gasteiger partial charge on any atom is 0.226 e. The molecule has 0 spiro atoms. The van der Waals surface area contributed by atoms with Crippen molar-refractivity contribution in [1.82, 2.24) is 10.2 Å². The highest BCUT2D eigenvalue weighted by atomic mass is 32.2. The fraction of sp³-hybridized carbons (Fsp3) is 0.917. The summed E-state index contributed by atoms with van der Waals surface area (Å²) < 4.78 is 0. The lowest BCUT2D eigenvalue weighted by atomic mass is 10.0. The molecule has 1 N–H and O–H groups in total. The van der Waals surface area contributed by atoms with Crippen LogP contribution in [0.15, 0.2) is 0 Å². The SMILES string of the molecule is CC1CNCCN(CC2CCSCC2)C1=O. The molecule has 1 amide bonds. The van der Waals surface area contributed by atoms with Gasteiger partial charge in [-0.1, -0.05) is 6.92 Å². The van der Waals surface area contributed by atoms with Crippen LogP contribution in [0, 0.1) is 11.8 Å². The molecular weight excluding hydrogens is 220 g/mol. The van der Waals surface area contributed by atoms with Crippen molar-refractivity contribution in [2.24, 2.45) is 11.8 Å². The van der Waals surface area contributed by atoms with E-state index >= 15 is 0 Å². The van der Waals surface area contributed by atoms with Crippen molar-refractivity contribution in [2.75, 3.05) is 37.7 Å². The van der Waals surface area contributed by atoms with Gasteiger partial charge in [0.05, 0.1) is 0 Å². The van der Waals surface area contributed by atoms with Crippen LogP contribution in [-0.4, -0.2) is 48.5 Å². The van der Waals surface area contributed by atoms with E-state index in [1.165, 1.54) is 24.3 Å². The van der Waals surface area contributed by atoms with Gasteiger partial charge >= 0.3 is 0 Å². The van der Waals surface area contributed by atoms with E-state index in [1.54, 1.807) is 0 Å². The summed E-state index contributed by atoms with van der Waals surface area (Å²) >= 11 is 2.05. The molecule has 2 heterocycles. The van der Waals surface area contributed by atoms with Crippen LogP contribution >= 0.6 is 11.8 Å². The molecule has 1 atom stereocenters. The Morgan fingerprint density at radius 1 is 1.44 bits per heavy atom. The molecule has 2 saturated heterocycles. The second-order valence-corrected chi connectivity index (χ2v) is 6.17.